The molecule has 3 rings (SSSR count). The van der Waals surface area contributed by atoms with Crippen LogP contribution in [-0.4, -0.2) is 57.1 Å². The molecule has 0 saturated heterocycles. The molecule has 0 unspecified atom stereocenters. The van der Waals surface area contributed by atoms with E-state index < -0.39 is 34.3 Å². The molecule has 0 spiro atoms. The lowest BCUT2D eigenvalue weighted by Gasteiger charge is -2.33. The van der Waals surface area contributed by atoms with Crippen LogP contribution in [0.3, 0.4) is 0 Å². The van der Waals surface area contributed by atoms with Crippen molar-refractivity contribution in [1.29, 1.82) is 0 Å². The number of nitrogens with one attached hydrogen (secondary N) is 1. The number of sulfonamides is 1. The molecule has 1 N–H and O–H groups in total. The number of benzene rings is 2. The van der Waals surface area contributed by atoms with Crippen molar-refractivity contribution in [3.8, 4) is 5.75 Å². The SMILES string of the molecule is COc1cccc(N(CC(=O)N(Cc2ccc(F)cc2)[C@@H](C)C(=O)NC2CCCCC2)S(C)(=O)=O)c1. The summed E-state index contributed by atoms with van der Waals surface area (Å²) in [4.78, 5) is 28.0. The number of halogens is 1. The lowest BCUT2D eigenvalue weighted by Crippen LogP contribution is -2.52. The Balaban J connectivity index is 1.87. The van der Waals surface area contributed by atoms with Crippen LogP contribution in [0, 0.1) is 5.82 Å². The highest BCUT2D eigenvalue weighted by atomic mass is 32.2. The van der Waals surface area contributed by atoms with E-state index in [9.17, 15) is 22.4 Å². The van der Waals surface area contributed by atoms with Crippen molar-refractivity contribution in [2.45, 2.75) is 57.7 Å². The van der Waals surface area contributed by atoms with E-state index in [2.05, 4.69) is 5.32 Å². The topological polar surface area (TPSA) is 96.0 Å². The average Bonchev–Trinajstić information content (AvgIpc) is 2.86. The molecule has 1 fully saturated rings. The van der Waals surface area contributed by atoms with Gasteiger partial charge in [-0.3, -0.25) is 13.9 Å². The number of amides is 2. The van der Waals surface area contributed by atoms with E-state index in [0.717, 1.165) is 42.7 Å². The molecule has 0 aliphatic heterocycles. The summed E-state index contributed by atoms with van der Waals surface area (Å²) >= 11 is 0. The molecular weight excluding hydrogens is 485 g/mol. The second kappa shape index (κ2) is 12.2. The van der Waals surface area contributed by atoms with Crippen molar-refractivity contribution >= 4 is 27.5 Å². The predicted molar refractivity (Wildman–Crippen MR) is 137 cm³/mol. The number of nitrogens with zero attached hydrogens (tertiary/aromatic N) is 2. The van der Waals surface area contributed by atoms with Gasteiger partial charge in [-0.1, -0.05) is 37.5 Å². The first kappa shape index (κ1) is 27.4. The highest BCUT2D eigenvalue weighted by Crippen LogP contribution is 2.24. The van der Waals surface area contributed by atoms with Gasteiger partial charge in [0, 0.05) is 18.7 Å². The van der Waals surface area contributed by atoms with Gasteiger partial charge >= 0.3 is 0 Å². The highest BCUT2D eigenvalue weighted by Gasteiger charge is 2.31. The second-order valence-electron chi connectivity index (χ2n) is 9.14. The van der Waals surface area contributed by atoms with Crippen LogP contribution in [-0.2, 0) is 26.2 Å². The van der Waals surface area contributed by atoms with Gasteiger partial charge in [0.15, 0.2) is 0 Å². The lowest BCUT2D eigenvalue weighted by atomic mass is 9.95. The maximum absolute atomic E-state index is 13.6. The van der Waals surface area contributed by atoms with Gasteiger partial charge in [0.2, 0.25) is 21.8 Å². The maximum Gasteiger partial charge on any atom is 0.244 e. The number of hydrogen-bond donors (Lipinski definition) is 1. The van der Waals surface area contributed by atoms with Crippen molar-refractivity contribution in [2.24, 2.45) is 0 Å². The van der Waals surface area contributed by atoms with E-state index in [1.165, 1.54) is 42.3 Å². The van der Waals surface area contributed by atoms with E-state index in [-0.39, 0.29) is 24.2 Å². The first-order chi connectivity index (χ1) is 17.1. The fourth-order valence-corrected chi connectivity index (χ4v) is 5.16. The third-order valence-electron chi connectivity index (χ3n) is 6.41. The van der Waals surface area contributed by atoms with Gasteiger partial charge in [-0.15, -0.1) is 0 Å². The quantitative estimate of drug-likeness (QED) is 0.519. The Kier molecular flexibility index (Phi) is 9.31. The summed E-state index contributed by atoms with van der Waals surface area (Å²) in [5, 5.41) is 3.04. The Labute approximate surface area is 212 Å². The third-order valence-corrected chi connectivity index (χ3v) is 7.55. The van der Waals surface area contributed by atoms with Gasteiger partial charge in [-0.05, 0) is 49.6 Å². The maximum atomic E-state index is 13.6. The molecule has 1 atom stereocenters. The summed E-state index contributed by atoms with van der Waals surface area (Å²) in [6.45, 7) is 1.14. The largest absolute Gasteiger partial charge is 0.497 e. The Morgan fingerprint density at radius 3 is 2.39 bits per heavy atom. The zero-order valence-electron chi connectivity index (χ0n) is 20.9. The molecule has 0 aromatic heterocycles. The zero-order chi connectivity index (χ0) is 26.3. The van der Waals surface area contributed by atoms with Gasteiger partial charge in [0.05, 0.1) is 19.1 Å². The van der Waals surface area contributed by atoms with Gasteiger partial charge in [-0.2, -0.15) is 0 Å². The van der Waals surface area contributed by atoms with Gasteiger partial charge in [-0.25, -0.2) is 12.8 Å². The van der Waals surface area contributed by atoms with E-state index >= 15 is 0 Å². The van der Waals surface area contributed by atoms with Crippen LogP contribution in [0.25, 0.3) is 0 Å². The van der Waals surface area contributed by atoms with Crippen LogP contribution in [0.15, 0.2) is 48.5 Å². The monoisotopic (exact) mass is 519 g/mol. The summed E-state index contributed by atoms with van der Waals surface area (Å²) in [5.74, 6) is -0.832. The molecular formula is C26H34FN3O5S. The number of methoxy groups -OCH3 is 1. The molecule has 1 saturated carbocycles. The van der Waals surface area contributed by atoms with Crippen LogP contribution in [0.2, 0.25) is 0 Å². The van der Waals surface area contributed by atoms with Gasteiger partial charge in [0.25, 0.3) is 0 Å². The van der Waals surface area contributed by atoms with Crippen molar-refractivity contribution in [3.05, 3.63) is 59.9 Å². The summed E-state index contributed by atoms with van der Waals surface area (Å²) in [6, 6.07) is 11.2. The first-order valence-electron chi connectivity index (χ1n) is 12.0. The van der Waals surface area contributed by atoms with E-state index in [1.54, 1.807) is 25.1 Å². The molecule has 36 heavy (non-hydrogen) atoms. The van der Waals surface area contributed by atoms with Crippen molar-refractivity contribution < 1.29 is 27.1 Å². The zero-order valence-corrected chi connectivity index (χ0v) is 21.8. The van der Waals surface area contributed by atoms with Crippen LogP contribution in [0.5, 0.6) is 5.75 Å². The Hall–Kier alpha value is -3.14. The Bertz CT molecular complexity index is 1150. The number of hydrogen-bond acceptors (Lipinski definition) is 5. The minimum atomic E-state index is -3.84. The molecule has 196 valence electrons. The van der Waals surface area contributed by atoms with E-state index in [4.69, 9.17) is 4.74 Å². The van der Waals surface area contributed by atoms with Crippen molar-refractivity contribution in [1.82, 2.24) is 10.2 Å². The van der Waals surface area contributed by atoms with E-state index in [0.29, 0.717) is 11.3 Å². The van der Waals surface area contributed by atoms with Gasteiger partial charge in [0.1, 0.15) is 24.2 Å². The fourth-order valence-electron chi connectivity index (χ4n) is 4.32. The molecule has 8 nitrogen and oxygen atoms in total. The van der Waals surface area contributed by atoms with Gasteiger partial charge < -0.3 is 15.0 Å². The number of carbonyl (C=O) groups excluding carboxylic acids is 2. The number of ether oxygens (including phenoxy) is 1. The van der Waals surface area contributed by atoms with Crippen molar-refractivity contribution in [3.63, 3.8) is 0 Å². The number of carbonyl (C=O) groups is 2. The molecule has 2 aromatic rings. The first-order valence-corrected chi connectivity index (χ1v) is 13.9. The second-order valence-corrected chi connectivity index (χ2v) is 11.0. The molecule has 1 aliphatic carbocycles. The summed E-state index contributed by atoms with van der Waals surface area (Å²) < 4.78 is 44.9. The van der Waals surface area contributed by atoms with Crippen molar-refractivity contribution in [2.75, 3.05) is 24.2 Å². The smallest absolute Gasteiger partial charge is 0.244 e. The Morgan fingerprint density at radius 2 is 1.78 bits per heavy atom. The molecule has 2 aromatic carbocycles. The number of anilines is 1. The fraction of sp³-hybridized carbons (Fsp3) is 0.462. The van der Waals surface area contributed by atoms with Crippen LogP contribution < -0.4 is 14.4 Å². The molecule has 0 bridgehead atoms. The van der Waals surface area contributed by atoms with Crippen LogP contribution in [0.4, 0.5) is 10.1 Å². The molecule has 10 heteroatoms. The predicted octanol–water partition coefficient (Wildman–Crippen LogP) is 3.47. The van der Waals surface area contributed by atoms with E-state index in [1.807, 2.05) is 0 Å². The van der Waals surface area contributed by atoms with Crippen LogP contribution >= 0.6 is 0 Å². The molecule has 1 aliphatic rings. The highest BCUT2D eigenvalue weighted by molar-refractivity contribution is 7.92. The Morgan fingerprint density at radius 1 is 1.11 bits per heavy atom. The summed E-state index contributed by atoms with van der Waals surface area (Å²) in [6.07, 6.45) is 6.03. The summed E-state index contributed by atoms with van der Waals surface area (Å²) in [5.41, 5.74) is 0.889. The lowest BCUT2D eigenvalue weighted by molar-refractivity contribution is -0.139. The number of rotatable bonds is 10. The normalized spacial score (nSPS) is 15.1. The molecule has 2 amide bonds. The third kappa shape index (κ3) is 7.43. The minimum Gasteiger partial charge on any atom is -0.497 e. The standard InChI is InChI=1S/C26H34FN3O5S/c1-19(26(32)28-22-8-5-4-6-9-22)29(17-20-12-14-21(27)15-13-20)25(31)18-30(36(3,33)34)23-10-7-11-24(16-23)35-2/h7,10-16,19,22H,4-6,8-9,17-18H2,1-3H3,(H,28,32)/t19-/m0/s1. The van der Waals surface area contributed by atoms with Crippen LogP contribution in [0.1, 0.15) is 44.6 Å². The summed E-state index contributed by atoms with van der Waals surface area (Å²) in [7, 11) is -2.37. The minimum absolute atomic E-state index is 0.0219. The molecule has 0 heterocycles. The molecule has 0 radical (unpaired) electrons. The average molecular weight is 520 g/mol.